The molecular formula is C38H56O12. The zero-order chi connectivity index (χ0) is 36.4. The van der Waals surface area contributed by atoms with Gasteiger partial charge in [0.1, 0.15) is 12.7 Å². The number of carbonyl (C=O) groups excluding carboxylic acids is 5. The molecule has 0 bridgehead atoms. The molecule has 4 saturated carbocycles. The van der Waals surface area contributed by atoms with Gasteiger partial charge in [0.05, 0.1) is 12.7 Å². The van der Waals surface area contributed by atoms with Gasteiger partial charge in [-0.15, -0.1) is 0 Å². The fourth-order valence-corrected chi connectivity index (χ4v) is 10.6. The third kappa shape index (κ3) is 8.06. The molecule has 0 unspecified atom stereocenters. The molecule has 0 amide bonds. The largest absolute Gasteiger partial charge is 0.463 e. The fourth-order valence-electron chi connectivity index (χ4n) is 10.6. The quantitative estimate of drug-likeness (QED) is 0.127. The molecule has 0 aromatic rings. The lowest BCUT2D eigenvalue weighted by Gasteiger charge is -2.61. The summed E-state index contributed by atoms with van der Waals surface area (Å²) in [6, 6.07) is 0. The summed E-state index contributed by atoms with van der Waals surface area (Å²) in [5.74, 6) is -0.116. The Morgan fingerprint density at radius 2 is 1.36 bits per heavy atom. The van der Waals surface area contributed by atoms with Crippen LogP contribution in [0.4, 0.5) is 0 Å². The van der Waals surface area contributed by atoms with Crippen LogP contribution in [0.3, 0.4) is 0 Å². The Morgan fingerprint density at radius 1 is 0.720 bits per heavy atom. The minimum Gasteiger partial charge on any atom is -0.463 e. The molecule has 0 N–H and O–H groups in total. The predicted octanol–water partition coefficient (Wildman–Crippen LogP) is 5.23. The highest BCUT2D eigenvalue weighted by Crippen LogP contribution is 2.67. The highest BCUT2D eigenvalue weighted by Gasteiger charge is 2.60. The molecule has 5 aliphatic rings. The van der Waals surface area contributed by atoms with Crippen molar-refractivity contribution in [3.63, 3.8) is 0 Å². The number of allylic oxidation sites excluding steroid dienone is 1. The van der Waals surface area contributed by atoms with Gasteiger partial charge in [0.15, 0.2) is 24.6 Å². The predicted molar refractivity (Wildman–Crippen MR) is 178 cm³/mol. The van der Waals surface area contributed by atoms with Gasteiger partial charge in [-0.05, 0) is 105 Å². The van der Waals surface area contributed by atoms with Gasteiger partial charge in [-0.3, -0.25) is 19.2 Å². The molecule has 1 heterocycles. The SMILES string of the molecule is CCOC(=O)/C=C/[C@H]1CC[C@H]2[C@@H]3CC[C@@H]4C[C@@H](O[C@@H]5O[C@H](COC(C)=O)[C@@H](OC(C)=O)[C@H](OC(C)=O)[C@H]5OC(C)=O)CC[C@]4(C)[C@H]3CC[C@]12C. The van der Waals surface area contributed by atoms with Crippen molar-refractivity contribution >= 4 is 29.8 Å². The van der Waals surface area contributed by atoms with E-state index in [1.54, 1.807) is 6.08 Å². The summed E-state index contributed by atoms with van der Waals surface area (Å²) in [5, 5.41) is 0. The van der Waals surface area contributed by atoms with Gasteiger partial charge in [-0.1, -0.05) is 19.9 Å². The van der Waals surface area contributed by atoms with Crippen molar-refractivity contribution in [3.05, 3.63) is 12.2 Å². The third-order valence-corrected chi connectivity index (χ3v) is 12.7. The molecule has 0 spiro atoms. The van der Waals surface area contributed by atoms with Crippen LogP contribution in [0.5, 0.6) is 0 Å². The van der Waals surface area contributed by atoms with Crippen molar-refractivity contribution < 1.29 is 57.1 Å². The van der Waals surface area contributed by atoms with Crippen LogP contribution in [0.2, 0.25) is 0 Å². The maximum atomic E-state index is 12.3. The van der Waals surface area contributed by atoms with E-state index < -0.39 is 54.6 Å². The van der Waals surface area contributed by atoms with E-state index in [-0.39, 0.29) is 29.5 Å². The molecule has 12 heteroatoms. The Morgan fingerprint density at radius 3 is 2.02 bits per heavy atom. The van der Waals surface area contributed by atoms with E-state index >= 15 is 0 Å². The van der Waals surface area contributed by atoms with Crippen LogP contribution in [0.15, 0.2) is 12.2 Å². The smallest absolute Gasteiger partial charge is 0.330 e. The van der Waals surface area contributed by atoms with Gasteiger partial charge in [-0.25, -0.2) is 4.79 Å². The van der Waals surface area contributed by atoms with E-state index in [4.69, 9.17) is 33.2 Å². The number of rotatable bonds is 10. The van der Waals surface area contributed by atoms with Crippen molar-refractivity contribution in [2.45, 2.75) is 143 Å². The molecule has 0 aromatic heterocycles. The van der Waals surface area contributed by atoms with Crippen LogP contribution in [0.25, 0.3) is 0 Å². The third-order valence-electron chi connectivity index (χ3n) is 12.7. The number of carbonyl (C=O) groups is 5. The minimum atomic E-state index is -1.25. The van der Waals surface area contributed by atoms with E-state index in [0.29, 0.717) is 36.2 Å². The highest BCUT2D eigenvalue weighted by molar-refractivity contribution is 5.81. The molecule has 4 aliphatic carbocycles. The van der Waals surface area contributed by atoms with Crippen LogP contribution in [-0.4, -0.2) is 79.9 Å². The standard InChI is InChI=1S/C38H56O12/c1-8-44-32(43)14-11-25-10-13-29-28-12-9-26-19-27(15-17-38(26,7)30(28)16-18-37(25,29)6)49-36-35(48-24(5)42)34(47-23(4)41)33(46-22(3)40)31(50-36)20-45-21(2)39/h11,14,25-31,33-36H,8-10,12-13,15-20H2,1-7H3/b14-11+/t25-,26-,27+,28+,29+,30+,31-,33-,34+,35-,36-,37-,38+/m1/s1. The van der Waals surface area contributed by atoms with Crippen LogP contribution in [-0.2, 0) is 57.1 Å². The van der Waals surface area contributed by atoms with Crippen LogP contribution < -0.4 is 0 Å². The number of fused-ring (bicyclic) bond motifs is 5. The maximum Gasteiger partial charge on any atom is 0.330 e. The fraction of sp³-hybridized carbons (Fsp3) is 0.816. The number of esters is 5. The van der Waals surface area contributed by atoms with Crippen molar-refractivity contribution in [2.24, 2.45) is 40.4 Å². The molecule has 5 fully saturated rings. The summed E-state index contributed by atoms with van der Waals surface area (Å²) in [6.07, 6.45) is 7.06. The Balaban J connectivity index is 1.31. The number of hydrogen-bond donors (Lipinski definition) is 0. The first-order chi connectivity index (χ1) is 23.7. The first-order valence-electron chi connectivity index (χ1n) is 18.5. The second kappa shape index (κ2) is 15.7. The average molecular weight is 705 g/mol. The van der Waals surface area contributed by atoms with Crippen LogP contribution >= 0.6 is 0 Å². The van der Waals surface area contributed by atoms with Crippen molar-refractivity contribution in [2.75, 3.05) is 13.2 Å². The van der Waals surface area contributed by atoms with E-state index in [2.05, 4.69) is 19.9 Å². The van der Waals surface area contributed by atoms with E-state index in [1.807, 2.05) is 6.92 Å². The van der Waals surface area contributed by atoms with Crippen LogP contribution in [0.1, 0.15) is 106 Å². The van der Waals surface area contributed by atoms with Gasteiger partial charge in [0, 0.05) is 33.8 Å². The van der Waals surface area contributed by atoms with Gasteiger partial charge in [0.25, 0.3) is 0 Å². The maximum absolute atomic E-state index is 12.3. The molecule has 5 rings (SSSR count). The monoisotopic (exact) mass is 704 g/mol. The molecule has 13 atom stereocenters. The lowest BCUT2D eigenvalue weighted by atomic mass is 9.44. The summed E-state index contributed by atoms with van der Waals surface area (Å²) in [5.41, 5.74) is 0.340. The Hall–Kier alpha value is -2.99. The minimum absolute atomic E-state index is 0.157. The van der Waals surface area contributed by atoms with Crippen molar-refractivity contribution in [1.29, 1.82) is 0 Å². The lowest BCUT2D eigenvalue weighted by molar-refractivity contribution is -0.321. The van der Waals surface area contributed by atoms with E-state index in [9.17, 15) is 24.0 Å². The molecular weight excluding hydrogens is 648 g/mol. The summed E-state index contributed by atoms with van der Waals surface area (Å²) in [4.78, 5) is 60.5. The summed E-state index contributed by atoms with van der Waals surface area (Å²) in [7, 11) is 0. The molecule has 0 aromatic carbocycles. The Bertz CT molecular complexity index is 1310. The molecule has 0 radical (unpaired) electrons. The Labute approximate surface area is 295 Å². The zero-order valence-corrected chi connectivity index (χ0v) is 30.7. The van der Waals surface area contributed by atoms with Crippen molar-refractivity contribution in [1.82, 2.24) is 0 Å². The summed E-state index contributed by atoms with van der Waals surface area (Å²) < 4.78 is 40.0. The van der Waals surface area contributed by atoms with E-state index in [1.165, 1.54) is 40.5 Å². The topological polar surface area (TPSA) is 150 Å². The first-order valence-corrected chi connectivity index (χ1v) is 18.5. The zero-order valence-electron chi connectivity index (χ0n) is 30.7. The highest BCUT2D eigenvalue weighted by atomic mass is 16.7. The number of hydrogen-bond acceptors (Lipinski definition) is 12. The normalized spacial score (nSPS) is 40.8. The molecule has 50 heavy (non-hydrogen) atoms. The first kappa shape index (κ1) is 38.2. The summed E-state index contributed by atoms with van der Waals surface area (Å²) >= 11 is 0. The second-order valence-corrected chi connectivity index (χ2v) is 15.6. The Kier molecular flexibility index (Phi) is 12.0. The van der Waals surface area contributed by atoms with Crippen LogP contribution in [0, 0.1) is 40.4 Å². The second-order valence-electron chi connectivity index (χ2n) is 15.6. The van der Waals surface area contributed by atoms with Gasteiger partial charge in [-0.2, -0.15) is 0 Å². The van der Waals surface area contributed by atoms with Gasteiger partial charge in [0.2, 0.25) is 0 Å². The average Bonchev–Trinajstić information content (AvgIpc) is 3.37. The van der Waals surface area contributed by atoms with Crippen molar-refractivity contribution in [3.8, 4) is 0 Å². The lowest BCUT2D eigenvalue weighted by Crippen LogP contribution is -2.63. The van der Waals surface area contributed by atoms with Gasteiger partial charge >= 0.3 is 29.8 Å². The number of ether oxygens (including phenoxy) is 7. The molecule has 1 saturated heterocycles. The van der Waals surface area contributed by atoms with E-state index in [0.717, 1.165) is 44.9 Å². The summed E-state index contributed by atoms with van der Waals surface area (Å²) in [6.45, 7) is 11.7. The van der Waals surface area contributed by atoms with Gasteiger partial charge < -0.3 is 33.2 Å². The molecule has 12 nitrogen and oxygen atoms in total. The molecule has 1 aliphatic heterocycles. The molecule has 280 valence electrons.